The van der Waals surface area contributed by atoms with Crippen molar-refractivity contribution in [1.29, 1.82) is 5.26 Å². The largest absolute Gasteiger partial charge is 0.380 e. The van der Waals surface area contributed by atoms with Crippen LogP contribution in [0.5, 0.6) is 0 Å². The Labute approximate surface area is 114 Å². The van der Waals surface area contributed by atoms with Crippen molar-refractivity contribution in [2.45, 2.75) is 32.3 Å². The second-order valence-electron chi connectivity index (χ2n) is 5.11. The summed E-state index contributed by atoms with van der Waals surface area (Å²) in [6.45, 7) is 2.14. The first kappa shape index (κ1) is 13.8. The first-order valence-corrected chi connectivity index (χ1v) is 6.78. The van der Waals surface area contributed by atoms with Crippen molar-refractivity contribution in [2.24, 2.45) is 11.8 Å². The standard InChI is InChI=1S/C16H19NO2/c1-3-12-8-9-14(16(12)19-2)15(18)13-6-4-11(10-17)5-7-13/h4-7,12,14,16H,3,8-9H2,1-2H3. The van der Waals surface area contributed by atoms with Gasteiger partial charge in [0.05, 0.1) is 17.7 Å². The van der Waals surface area contributed by atoms with Crippen LogP contribution < -0.4 is 0 Å². The predicted molar refractivity (Wildman–Crippen MR) is 72.8 cm³/mol. The molecule has 100 valence electrons. The number of methoxy groups -OCH3 is 1. The van der Waals surface area contributed by atoms with Crippen LogP contribution in [0.1, 0.15) is 42.1 Å². The Kier molecular flexibility index (Phi) is 4.34. The first-order valence-electron chi connectivity index (χ1n) is 6.78. The lowest BCUT2D eigenvalue weighted by Gasteiger charge is -2.22. The van der Waals surface area contributed by atoms with Gasteiger partial charge in [0, 0.05) is 18.6 Å². The maximum atomic E-state index is 12.5. The van der Waals surface area contributed by atoms with Crippen LogP contribution in [0.4, 0.5) is 0 Å². The van der Waals surface area contributed by atoms with Crippen molar-refractivity contribution in [3.8, 4) is 6.07 Å². The maximum Gasteiger partial charge on any atom is 0.168 e. The molecule has 0 aliphatic heterocycles. The fourth-order valence-electron chi connectivity index (χ4n) is 3.05. The summed E-state index contributed by atoms with van der Waals surface area (Å²) in [4.78, 5) is 12.5. The third-order valence-electron chi connectivity index (χ3n) is 4.14. The van der Waals surface area contributed by atoms with Gasteiger partial charge in [0.15, 0.2) is 5.78 Å². The quantitative estimate of drug-likeness (QED) is 0.778. The highest BCUT2D eigenvalue weighted by Gasteiger charge is 2.39. The van der Waals surface area contributed by atoms with Crippen molar-refractivity contribution in [1.82, 2.24) is 0 Å². The lowest BCUT2D eigenvalue weighted by atomic mass is 9.91. The summed E-state index contributed by atoms with van der Waals surface area (Å²) in [7, 11) is 1.69. The van der Waals surface area contributed by atoms with Crippen LogP contribution in [0, 0.1) is 23.2 Å². The number of ether oxygens (including phenoxy) is 1. The Bertz CT molecular complexity index is 486. The van der Waals surface area contributed by atoms with Gasteiger partial charge in [0.1, 0.15) is 0 Å². The topological polar surface area (TPSA) is 50.1 Å². The molecule has 1 aliphatic carbocycles. The lowest BCUT2D eigenvalue weighted by Crippen LogP contribution is -2.29. The summed E-state index contributed by atoms with van der Waals surface area (Å²) in [5.41, 5.74) is 1.26. The summed E-state index contributed by atoms with van der Waals surface area (Å²) in [5.74, 6) is 0.590. The molecular formula is C16H19NO2. The van der Waals surface area contributed by atoms with E-state index in [-0.39, 0.29) is 17.8 Å². The molecule has 3 unspecified atom stereocenters. The van der Waals surface area contributed by atoms with E-state index in [2.05, 4.69) is 13.0 Å². The molecule has 0 spiro atoms. The SMILES string of the molecule is CCC1CCC(C(=O)c2ccc(C#N)cc2)C1OC. The van der Waals surface area contributed by atoms with E-state index < -0.39 is 0 Å². The van der Waals surface area contributed by atoms with E-state index in [0.29, 0.717) is 17.0 Å². The van der Waals surface area contributed by atoms with E-state index in [4.69, 9.17) is 10.00 Å². The summed E-state index contributed by atoms with van der Waals surface area (Å²) in [6.07, 6.45) is 3.04. The lowest BCUT2D eigenvalue weighted by molar-refractivity contribution is 0.0342. The van der Waals surface area contributed by atoms with Crippen LogP contribution in [-0.2, 0) is 4.74 Å². The minimum atomic E-state index is -0.0390. The molecule has 0 saturated heterocycles. The van der Waals surface area contributed by atoms with Crippen LogP contribution in [0.3, 0.4) is 0 Å². The minimum absolute atomic E-state index is 0.0353. The average Bonchev–Trinajstić information content (AvgIpc) is 2.89. The van der Waals surface area contributed by atoms with Crippen LogP contribution >= 0.6 is 0 Å². The normalized spacial score (nSPS) is 26.1. The molecule has 0 heterocycles. The molecule has 1 saturated carbocycles. The maximum absolute atomic E-state index is 12.5. The number of ketones is 1. The summed E-state index contributed by atoms with van der Waals surface area (Å²) in [6, 6.07) is 8.94. The van der Waals surface area contributed by atoms with Gasteiger partial charge in [-0.2, -0.15) is 5.26 Å². The number of rotatable bonds is 4. The molecule has 0 radical (unpaired) electrons. The van der Waals surface area contributed by atoms with Crippen LogP contribution in [0.25, 0.3) is 0 Å². The minimum Gasteiger partial charge on any atom is -0.380 e. The Hall–Kier alpha value is -1.66. The van der Waals surface area contributed by atoms with Gasteiger partial charge < -0.3 is 4.74 Å². The highest BCUT2D eigenvalue weighted by Crippen LogP contribution is 2.37. The summed E-state index contributed by atoms with van der Waals surface area (Å²) in [5, 5.41) is 8.77. The fourth-order valence-corrected chi connectivity index (χ4v) is 3.05. The molecule has 1 aromatic carbocycles. The predicted octanol–water partition coefficient (Wildman–Crippen LogP) is 3.19. The molecule has 1 fully saturated rings. The average molecular weight is 257 g/mol. The molecule has 19 heavy (non-hydrogen) atoms. The molecule has 3 atom stereocenters. The van der Waals surface area contributed by atoms with Gasteiger partial charge in [-0.05, 0) is 30.9 Å². The summed E-state index contributed by atoms with van der Waals surface area (Å²) < 4.78 is 5.54. The van der Waals surface area contributed by atoms with E-state index in [1.807, 2.05) is 0 Å². The summed E-state index contributed by atoms with van der Waals surface area (Å²) >= 11 is 0. The van der Waals surface area contributed by atoms with Gasteiger partial charge in [-0.3, -0.25) is 4.79 Å². The number of nitrogens with zero attached hydrogens (tertiary/aromatic N) is 1. The van der Waals surface area contributed by atoms with Crippen molar-refractivity contribution < 1.29 is 9.53 Å². The second-order valence-corrected chi connectivity index (χ2v) is 5.11. The fraction of sp³-hybridized carbons (Fsp3) is 0.500. The van der Waals surface area contributed by atoms with E-state index in [1.165, 1.54) is 0 Å². The van der Waals surface area contributed by atoms with Gasteiger partial charge in [0.25, 0.3) is 0 Å². The second kappa shape index (κ2) is 5.99. The van der Waals surface area contributed by atoms with Crippen molar-refractivity contribution >= 4 is 5.78 Å². The number of carbonyl (C=O) groups is 1. The molecule has 3 heteroatoms. The number of hydrogen-bond donors (Lipinski definition) is 0. The third kappa shape index (κ3) is 2.69. The zero-order valence-corrected chi connectivity index (χ0v) is 11.4. The number of benzene rings is 1. The number of carbonyl (C=O) groups excluding carboxylic acids is 1. The van der Waals surface area contributed by atoms with E-state index >= 15 is 0 Å². The van der Waals surface area contributed by atoms with Gasteiger partial charge in [-0.1, -0.05) is 25.5 Å². The third-order valence-corrected chi connectivity index (χ3v) is 4.14. The van der Waals surface area contributed by atoms with Gasteiger partial charge in [0.2, 0.25) is 0 Å². The Balaban J connectivity index is 2.17. The number of nitriles is 1. The van der Waals surface area contributed by atoms with Crippen molar-refractivity contribution in [3.63, 3.8) is 0 Å². The zero-order chi connectivity index (χ0) is 13.8. The molecule has 0 bridgehead atoms. The highest BCUT2D eigenvalue weighted by molar-refractivity contribution is 5.98. The Morgan fingerprint density at radius 2 is 2.05 bits per heavy atom. The highest BCUT2D eigenvalue weighted by atomic mass is 16.5. The van der Waals surface area contributed by atoms with Crippen LogP contribution in [-0.4, -0.2) is 19.0 Å². The molecule has 0 amide bonds. The van der Waals surface area contributed by atoms with E-state index in [1.54, 1.807) is 31.4 Å². The number of hydrogen-bond acceptors (Lipinski definition) is 3. The Morgan fingerprint density at radius 3 is 2.58 bits per heavy atom. The smallest absolute Gasteiger partial charge is 0.168 e. The first-order chi connectivity index (χ1) is 9.21. The molecule has 3 nitrogen and oxygen atoms in total. The molecule has 1 aliphatic rings. The van der Waals surface area contributed by atoms with Crippen molar-refractivity contribution in [3.05, 3.63) is 35.4 Å². The number of Topliss-reactive ketones (excluding diaryl/α,β-unsaturated/α-hetero) is 1. The zero-order valence-electron chi connectivity index (χ0n) is 11.4. The molecule has 2 rings (SSSR count). The van der Waals surface area contributed by atoms with Gasteiger partial charge >= 0.3 is 0 Å². The van der Waals surface area contributed by atoms with Gasteiger partial charge in [-0.25, -0.2) is 0 Å². The monoisotopic (exact) mass is 257 g/mol. The molecule has 0 aromatic heterocycles. The van der Waals surface area contributed by atoms with E-state index in [0.717, 1.165) is 19.3 Å². The molecule has 1 aromatic rings. The van der Waals surface area contributed by atoms with Crippen LogP contribution in [0.2, 0.25) is 0 Å². The van der Waals surface area contributed by atoms with E-state index in [9.17, 15) is 4.79 Å². The van der Waals surface area contributed by atoms with Crippen molar-refractivity contribution in [2.75, 3.05) is 7.11 Å². The molecule has 0 N–H and O–H groups in total. The Morgan fingerprint density at radius 1 is 1.37 bits per heavy atom. The van der Waals surface area contributed by atoms with Gasteiger partial charge in [-0.15, -0.1) is 0 Å². The van der Waals surface area contributed by atoms with Crippen LogP contribution in [0.15, 0.2) is 24.3 Å². The molecular weight excluding hydrogens is 238 g/mol.